The highest BCUT2D eigenvalue weighted by atomic mass is 15.2. The van der Waals surface area contributed by atoms with E-state index >= 15 is 0 Å². The molecule has 2 aromatic heterocycles. The number of fused-ring (bicyclic) bond motifs is 11. The first kappa shape index (κ1) is 28.6. The second-order valence-electron chi connectivity index (χ2n) is 14.1. The summed E-state index contributed by atoms with van der Waals surface area (Å²) < 4.78 is 2.31. The maximum atomic E-state index is 5.49. The molecule has 11 aromatic rings. The van der Waals surface area contributed by atoms with Crippen molar-refractivity contribution in [1.82, 2.24) is 14.5 Å². The van der Waals surface area contributed by atoms with Crippen LogP contribution in [0, 0.1) is 0 Å². The van der Waals surface area contributed by atoms with Crippen LogP contribution in [0.5, 0.6) is 0 Å². The van der Waals surface area contributed by atoms with Gasteiger partial charge in [-0.15, -0.1) is 0 Å². The zero-order chi connectivity index (χ0) is 34.6. The average molecular weight is 672 g/mol. The molecule has 53 heavy (non-hydrogen) atoms. The van der Waals surface area contributed by atoms with Crippen LogP contribution >= 0.6 is 0 Å². The summed E-state index contributed by atoms with van der Waals surface area (Å²) in [6, 6.07) is 63.5. The maximum absolute atomic E-state index is 5.49. The van der Waals surface area contributed by atoms with Crippen LogP contribution in [0.2, 0.25) is 0 Å². The van der Waals surface area contributed by atoms with Crippen molar-refractivity contribution in [2.45, 2.75) is 0 Å². The molecule has 1 aliphatic rings. The molecule has 9 aromatic carbocycles. The number of rotatable bonds is 3. The fraction of sp³-hybridized carbons (Fsp3) is 0. The van der Waals surface area contributed by atoms with Gasteiger partial charge in [0.1, 0.15) is 0 Å². The largest absolute Gasteiger partial charge is 0.278 e. The van der Waals surface area contributed by atoms with Gasteiger partial charge in [0.15, 0.2) is 0 Å². The molecule has 244 valence electrons. The topological polar surface area (TPSA) is 30.7 Å². The molecular weight excluding hydrogens is 643 g/mol. The smallest absolute Gasteiger partial charge is 0.235 e. The van der Waals surface area contributed by atoms with Gasteiger partial charge < -0.3 is 0 Å². The van der Waals surface area contributed by atoms with Gasteiger partial charge in [-0.25, -0.2) is 9.97 Å². The number of hydrogen-bond donors (Lipinski definition) is 0. The predicted octanol–water partition coefficient (Wildman–Crippen LogP) is 13.2. The van der Waals surface area contributed by atoms with Crippen LogP contribution < -0.4 is 0 Å². The van der Waals surface area contributed by atoms with E-state index in [9.17, 15) is 0 Å². The molecule has 0 saturated carbocycles. The van der Waals surface area contributed by atoms with Gasteiger partial charge in [0.25, 0.3) is 0 Å². The van der Waals surface area contributed by atoms with E-state index < -0.39 is 0 Å². The Labute approximate surface area is 305 Å². The van der Waals surface area contributed by atoms with Crippen molar-refractivity contribution in [3.05, 3.63) is 176 Å². The Balaban J connectivity index is 1.15. The SMILES string of the molecule is c1ccc2c(c1)-c1cccc3c1c-2cc1c3c2c3ccccc3ccc2n1-c1nc(-c2ccc(-c3cccc4ccccc34)cc2)c2ccccc2n1. The summed E-state index contributed by atoms with van der Waals surface area (Å²) in [5.41, 5.74) is 12.6. The van der Waals surface area contributed by atoms with Crippen LogP contribution in [-0.4, -0.2) is 14.5 Å². The Hall–Kier alpha value is -7.10. The van der Waals surface area contributed by atoms with E-state index in [-0.39, 0.29) is 0 Å². The predicted molar refractivity (Wildman–Crippen MR) is 222 cm³/mol. The molecule has 0 atom stereocenters. The maximum Gasteiger partial charge on any atom is 0.235 e. The van der Waals surface area contributed by atoms with E-state index in [1.54, 1.807) is 0 Å². The van der Waals surface area contributed by atoms with Crippen LogP contribution in [0.1, 0.15) is 0 Å². The first-order valence-electron chi connectivity index (χ1n) is 18.2. The molecule has 0 radical (unpaired) electrons. The second kappa shape index (κ2) is 10.7. The van der Waals surface area contributed by atoms with Crippen LogP contribution in [-0.2, 0) is 0 Å². The summed E-state index contributed by atoms with van der Waals surface area (Å²) in [6.45, 7) is 0. The summed E-state index contributed by atoms with van der Waals surface area (Å²) in [6.07, 6.45) is 0. The lowest BCUT2D eigenvalue weighted by molar-refractivity contribution is 1.01. The monoisotopic (exact) mass is 671 g/mol. The zero-order valence-corrected chi connectivity index (χ0v) is 28.6. The minimum absolute atomic E-state index is 0.668. The van der Waals surface area contributed by atoms with Crippen molar-refractivity contribution in [3.8, 4) is 50.6 Å². The van der Waals surface area contributed by atoms with E-state index in [1.807, 2.05) is 0 Å². The van der Waals surface area contributed by atoms with Gasteiger partial charge in [0.2, 0.25) is 5.95 Å². The molecule has 0 fully saturated rings. The lowest BCUT2D eigenvalue weighted by Crippen LogP contribution is -2.03. The third-order valence-corrected chi connectivity index (χ3v) is 11.3. The summed E-state index contributed by atoms with van der Waals surface area (Å²) in [5, 5.41) is 11.0. The molecule has 12 rings (SSSR count). The van der Waals surface area contributed by atoms with E-state index in [1.165, 1.54) is 76.5 Å². The molecule has 3 heteroatoms. The van der Waals surface area contributed by atoms with Crippen molar-refractivity contribution in [3.63, 3.8) is 0 Å². The Bertz CT molecular complexity index is 3330. The molecule has 0 aliphatic heterocycles. The van der Waals surface area contributed by atoms with E-state index in [0.29, 0.717) is 5.95 Å². The molecule has 3 nitrogen and oxygen atoms in total. The molecule has 0 amide bonds. The van der Waals surface area contributed by atoms with Crippen molar-refractivity contribution >= 4 is 65.0 Å². The van der Waals surface area contributed by atoms with Crippen molar-refractivity contribution < 1.29 is 0 Å². The normalized spacial score (nSPS) is 12.2. The van der Waals surface area contributed by atoms with Gasteiger partial charge in [-0.1, -0.05) is 158 Å². The van der Waals surface area contributed by atoms with Crippen LogP contribution in [0.3, 0.4) is 0 Å². The Morgan fingerprint density at radius 2 is 0.925 bits per heavy atom. The molecule has 0 unspecified atom stereocenters. The van der Waals surface area contributed by atoms with E-state index in [4.69, 9.17) is 9.97 Å². The molecule has 0 N–H and O–H groups in total. The molecule has 0 bridgehead atoms. The Morgan fingerprint density at radius 1 is 0.340 bits per heavy atom. The van der Waals surface area contributed by atoms with Crippen molar-refractivity contribution in [1.29, 1.82) is 0 Å². The van der Waals surface area contributed by atoms with Gasteiger partial charge in [-0.05, 0) is 83.9 Å². The number of aromatic nitrogens is 3. The summed E-state index contributed by atoms with van der Waals surface area (Å²) in [7, 11) is 0. The Morgan fingerprint density at radius 3 is 1.77 bits per heavy atom. The number of benzene rings is 9. The molecule has 1 aliphatic carbocycles. The minimum Gasteiger partial charge on any atom is -0.278 e. The van der Waals surface area contributed by atoms with Gasteiger partial charge in [0, 0.05) is 21.7 Å². The standard InChI is InChI=1S/C50H29N3/c1-3-14-34-30(11-1)13-9-19-35(34)32-23-25-33(26-24-32)49-40-18-7-8-22-43(40)51-50(52-49)53-44-28-27-31-12-2-4-15-36(31)47(44)48-41-21-10-20-39-37-16-5-6-17-38(37)42(46(39)41)29-45(48)53/h1-29H. The third kappa shape index (κ3) is 3.99. The second-order valence-corrected chi connectivity index (χ2v) is 14.1. The van der Waals surface area contributed by atoms with Crippen LogP contribution in [0.15, 0.2) is 176 Å². The van der Waals surface area contributed by atoms with Crippen molar-refractivity contribution in [2.24, 2.45) is 0 Å². The highest BCUT2D eigenvalue weighted by Gasteiger charge is 2.27. The molecular formula is C50H29N3. The fourth-order valence-electron chi connectivity index (χ4n) is 9.02. The number of nitrogens with zero attached hydrogens (tertiary/aromatic N) is 3. The Kier molecular flexibility index (Phi) is 5.77. The number of para-hydroxylation sites is 1. The summed E-state index contributed by atoms with van der Waals surface area (Å²) in [4.78, 5) is 10.8. The quantitative estimate of drug-likeness (QED) is 0.187. The first-order valence-corrected chi connectivity index (χ1v) is 18.2. The van der Waals surface area contributed by atoms with Crippen molar-refractivity contribution in [2.75, 3.05) is 0 Å². The highest BCUT2D eigenvalue weighted by molar-refractivity contribution is 6.33. The van der Waals surface area contributed by atoms with Gasteiger partial charge >= 0.3 is 0 Å². The first-order chi connectivity index (χ1) is 26.3. The van der Waals surface area contributed by atoms with Gasteiger partial charge in [-0.2, -0.15) is 0 Å². The van der Waals surface area contributed by atoms with E-state index in [0.717, 1.165) is 33.2 Å². The fourth-order valence-corrected chi connectivity index (χ4v) is 9.02. The van der Waals surface area contributed by atoms with Gasteiger partial charge in [-0.3, -0.25) is 4.57 Å². The minimum atomic E-state index is 0.668. The molecule has 2 heterocycles. The summed E-state index contributed by atoms with van der Waals surface area (Å²) >= 11 is 0. The zero-order valence-electron chi connectivity index (χ0n) is 28.6. The lowest BCUT2D eigenvalue weighted by Gasteiger charge is -2.13. The van der Waals surface area contributed by atoms with Gasteiger partial charge in [0.05, 0.1) is 22.2 Å². The molecule has 0 saturated heterocycles. The third-order valence-electron chi connectivity index (χ3n) is 11.3. The van der Waals surface area contributed by atoms with Crippen LogP contribution in [0.25, 0.3) is 116 Å². The highest BCUT2D eigenvalue weighted by Crippen LogP contribution is 2.51. The lowest BCUT2D eigenvalue weighted by atomic mass is 9.96. The van der Waals surface area contributed by atoms with E-state index in [2.05, 4.69) is 180 Å². The number of hydrogen-bond acceptors (Lipinski definition) is 2. The summed E-state index contributed by atoms with van der Waals surface area (Å²) in [5.74, 6) is 0.668. The molecule has 0 spiro atoms. The average Bonchev–Trinajstić information content (AvgIpc) is 3.74. The van der Waals surface area contributed by atoms with Crippen LogP contribution in [0.4, 0.5) is 0 Å².